The number of ether oxygens (including phenoxy) is 1. The summed E-state index contributed by atoms with van der Waals surface area (Å²) >= 11 is 0. The van der Waals surface area contributed by atoms with E-state index < -0.39 is 64.4 Å². The number of hydrogen-bond acceptors (Lipinski definition) is 4. The highest BCUT2D eigenvalue weighted by Gasteiger charge is 2.37. The largest absolute Gasteiger partial charge is 0.438 e. The average Bonchev–Trinajstić information content (AvgIpc) is 2.86. The molecule has 0 N–H and O–H groups in total. The molecule has 5 nitrogen and oxygen atoms in total. The van der Waals surface area contributed by atoms with Crippen LogP contribution in [-0.4, -0.2) is 9.55 Å². The van der Waals surface area contributed by atoms with E-state index in [9.17, 15) is 45.2 Å². The SMILES string of the molecule is N#Cc1c(C(F)(F)F)cc(-c2ccc(Oc3ncccc3C(F)(F)F)cc2)n(Cc2ccc(F)cc2F)c1=O. The van der Waals surface area contributed by atoms with Gasteiger partial charge < -0.3 is 9.30 Å². The quantitative estimate of drug-likeness (QED) is 0.252. The second-order valence-corrected chi connectivity index (χ2v) is 8.04. The summed E-state index contributed by atoms with van der Waals surface area (Å²) < 4.78 is 114. The van der Waals surface area contributed by atoms with Gasteiger partial charge in [-0.3, -0.25) is 4.79 Å². The molecule has 39 heavy (non-hydrogen) atoms. The Hall–Kier alpha value is -4.73. The smallest absolute Gasteiger partial charge is 0.421 e. The van der Waals surface area contributed by atoms with E-state index >= 15 is 0 Å². The Balaban J connectivity index is 1.82. The fourth-order valence-electron chi connectivity index (χ4n) is 3.69. The molecule has 0 unspecified atom stereocenters. The van der Waals surface area contributed by atoms with Crippen LogP contribution in [0, 0.1) is 23.0 Å². The van der Waals surface area contributed by atoms with Gasteiger partial charge in [0.15, 0.2) is 0 Å². The van der Waals surface area contributed by atoms with Crippen molar-refractivity contribution < 1.29 is 39.9 Å². The van der Waals surface area contributed by atoms with E-state index in [1.807, 2.05) is 0 Å². The van der Waals surface area contributed by atoms with Crippen LogP contribution in [-0.2, 0) is 18.9 Å². The van der Waals surface area contributed by atoms with E-state index in [2.05, 4.69) is 4.98 Å². The third kappa shape index (κ3) is 5.74. The van der Waals surface area contributed by atoms with Crippen LogP contribution in [0.15, 0.2) is 71.7 Å². The van der Waals surface area contributed by atoms with Crippen molar-refractivity contribution in [3.63, 3.8) is 0 Å². The molecular weight excluding hydrogens is 538 g/mol. The lowest BCUT2D eigenvalue weighted by atomic mass is 10.0. The van der Waals surface area contributed by atoms with Gasteiger partial charge in [0.1, 0.15) is 34.6 Å². The predicted octanol–water partition coefficient (Wildman–Crippen LogP) is 6.94. The summed E-state index contributed by atoms with van der Waals surface area (Å²) in [6, 6.07) is 10.5. The predicted molar refractivity (Wildman–Crippen MR) is 121 cm³/mol. The molecule has 0 spiro atoms. The zero-order valence-electron chi connectivity index (χ0n) is 19.2. The van der Waals surface area contributed by atoms with Crippen LogP contribution in [0.5, 0.6) is 11.6 Å². The van der Waals surface area contributed by atoms with Crippen molar-refractivity contribution in [2.75, 3.05) is 0 Å². The third-order valence-electron chi connectivity index (χ3n) is 5.50. The number of rotatable bonds is 5. The molecular formula is C26H13F8N3O2. The molecule has 2 aromatic carbocycles. The van der Waals surface area contributed by atoms with Gasteiger partial charge in [0.05, 0.1) is 17.8 Å². The highest BCUT2D eigenvalue weighted by Crippen LogP contribution is 2.37. The molecule has 0 saturated heterocycles. The average molecular weight is 551 g/mol. The zero-order valence-corrected chi connectivity index (χ0v) is 19.2. The number of hydrogen-bond donors (Lipinski definition) is 0. The Labute approximate surface area is 214 Å². The van der Waals surface area contributed by atoms with E-state index in [4.69, 9.17) is 4.74 Å². The topological polar surface area (TPSA) is 67.9 Å². The van der Waals surface area contributed by atoms with Gasteiger partial charge in [0, 0.05) is 17.8 Å². The van der Waals surface area contributed by atoms with Gasteiger partial charge in [0.25, 0.3) is 5.56 Å². The second kappa shape index (κ2) is 10.2. The minimum atomic E-state index is -5.10. The first kappa shape index (κ1) is 27.3. The van der Waals surface area contributed by atoms with E-state index in [0.29, 0.717) is 16.7 Å². The molecule has 200 valence electrons. The molecule has 0 radical (unpaired) electrons. The first-order valence-corrected chi connectivity index (χ1v) is 10.8. The molecule has 0 aliphatic rings. The third-order valence-corrected chi connectivity index (χ3v) is 5.50. The highest BCUT2D eigenvalue weighted by molar-refractivity contribution is 5.63. The molecule has 2 heterocycles. The summed E-state index contributed by atoms with van der Waals surface area (Å²) in [5, 5.41) is 9.27. The lowest BCUT2D eigenvalue weighted by Gasteiger charge is -2.18. The van der Waals surface area contributed by atoms with Gasteiger partial charge in [-0.25, -0.2) is 13.8 Å². The zero-order chi connectivity index (χ0) is 28.5. The molecule has 0 fully saturated rings. The minimum absolute atomic E-state index is 0.0472. The normalized spacial score (nSPS) is 11.8. The number of benzene rings is 2. The number of halogens is 8. The number of nitrogens with zero attached hydrogens (tertiary/aromatic N) is 3. The fourth-order valence-corrected chi connectivity index (χ4v) is 3.69. The molecule has 4 rings (SSSR count). The molecule has 0 amide bonds. The van der Waals surface area contributed by atoms with Gasteiger partial charge in [-0.15, -0.1) is 0 Å². The molecule has 2 aromatic heterocycles. The monoisotopic (exact) mass is 551 g/mol. The van der Waals surface area contributed by atoms with Crippen molar-refractivity contribution in [3.8, 4) is 29.0 Å². The van der Waals surface area contributed by atoms with Crippen molar-refractivity contribution >= 4 is 0 Å². The van der Waals surface area contributed by atoms with Crippen molar-refractivity contribution in [2.24, 2.45) is 0 Å². The summed E-state index contributed by atoms with van der Waals surface area (Å²) in [7, 11) is 0. The maximum Gasteiger partial charge on any atom is 0.421 e. The molecule has 13 heteroatoms. The van der Waals surface area contributed by atoms with Crippen LogP contribution < -0.4 is 10.3 Å². The van der Waals surface area contributed by atoms with E-state index in [1.54, 1.807) is 0 Å². The summed E-state index contributed by atoms with van der Waals surface area (Å²) in [5.74, 6) is -2.93. The van der Waals surface area contributed by atoms with Crippen molar-refractivity contribution in [1.29, 1.82) is 5.26 Å². The highest BCUT2D eigenvalue weighted by atomic mass is 19.4. The Kier molecular flexibility index (Phi) is 7.14. The number of pyridine rings is 2. The lowest BCUT2D eigenvalue weighted by Crippen LogP contribution is -2.29. The molecule has 0 aliphatic carbocycles. The molecule has 0 aliphatic heterocycles. The minimum Gasteiger partial charge on any atom is -0.438 e. The van der Waals surface area contributed by atoms with Gasteiger partial charge >= 0.3 is 12.4 Å². The van der Waals surface area contributed by atoms with Crippen LogP contribution >= 0.6 is 0 Å². The number of aromatic nitrogens is 2. The standard InChI is InChI=1S/C26H13F8N3O2/c27-16-6-3-15(21(28)10-16)13-37-22(11-20(26(32,33)34)18(12-35)24(37)38)14-4-7-17(8-5-14)39-23-19(25(29,30)31)2-1-9-36-23/h1-11H,13H2. The molecule has 0 saturated carbocycles. The molecule has 0 bridgehead atoms. The van der Waals surface area contributed by atoms with E-state index in [-0.39, 0.29) is 16.9 Å². The summed E-state index contributed by atoms with van der Waals surface area (Å²) in [6.45, 7) is -0.659. The van der Waals surface area contributed by atoms with Crippen LogP contribution in [0.2, 0.25) is 0 Å². The second-order valence-electron chi connectivity index (χ2n) is 8.04. The van der Waals surface area contributed by atoms with Crippen LogP contribution in [0.4, 0.5) is 35.1 Å². The van der Waals surface area contributed by atoms with Gasteiger partial charge in [-0.1, -0.05) is 6.07 Å². The number of alkyl halides is 6. The summed E-state index contributed by atoms with van der Waals surface area (Å²) in [6.07, 6.45) is -8.80. The molecule has 4 aromatic rings. The fraction of sp³-hybridized carbons (Fsp3) is 0.115. The van der Waals surface area contributed by atoms with Crippen molar-refractivity contribution in [3.05, 3.63) is 111 Å². The van der Waals surface area contributed by atoms with Gasteiger partial charge in [-0.2, -0.15) is 31.6 Å². The Morgan fingerprint density at radius 3 is 2.15 bits per heavy atom. The van der Waals surface area contributed by atoms with Crippen LogP contribution in [0.1, 0.15) is 22.3 Å². The number of nitriles is 1. The van der Waals surface area contributed by atoms with Crippen LogP contribution in [0.25, 0.3) is 11.3 Å². The van der Waals surface area contributed by atoms with Gasteiger partial charge in [-0.05, 0) is 54.1 Å². The van der Waals surface area contributed by atoms with Crippen molar-refractivity contribution in [2.45, 2.75) is 18.9 Å². The maximum absolute atomic E-state index is 14.3. The van der Waals surface area contributed by atoms with E-state index in [0.717, 1.165) is 54.7 Å². The van der Waals surface area contributed by atoms with Crippen molar-refractivity contribution in [1.82, 2.24) is 9.55 Å². The maximum atomic E-state index is 14.3. The Morgan fingerprint density at radius 2 is 1.56 bits per heavy atom. The Bertz CT molecular complexity index is 1640. The van der Waals surface area contributed by atoms with Crippen LogP contribution in [0.3, 0.4) is 0 Å². The van der Waals surface area contributed by atoms with E-state index in [1.165, 1.54) is 6.07 Å². The van der Waals surface area contributed by atoms with Gasteiger partial charge in [0.2, 0.25) is 5.88 Å². The summed E-state index contributed by atoms with van der Waals surface area (Å²) in [5.41, 5.74) is -6.00. The molecule has 0 atom stereocenters. The first-order chi connectivity index (χ1) is 18.3. The Morgan fingerprint density at radius 1 is 0.897 bits per heavy atom. The summed E-state index contributed by atoms with van der Waals surface area (Å²) in [4.78, 5) is 16.5. The first-order valence-electron chi connectivity index (χ1n) is 10.8. The lowest BCUT2D eigenvalue weighted by molar-refractivity contribution is -0.139.